The van der Waals surface area contributed by atoms with Crippen LogP contribution in [0.4, 0.5) is 11.6 Å². The first-order valence-corrected chi connectivity index (χ1v) is 6.35. The number of hydrogen-bond donors (Lipinski definition) is 5. The van der Waals surface area contributed by atoms with Gasteiger partial charge in [0.2, 0.25) is 0 Å². The molecule has 0 aromatic carbocycles. The number of aliphatic hydroxyl groups is 3. The van der Waals surface area contributed by atoms with Crippen LogP contribution in [0.2, 0.25) is 0 Å². The molecule has 19 heavy (non-hydrogen) atoms. The third kappa shape index (κ3) is 4.02. The maximum atomic E-state index is 9.30. The van der Waals surface area contributed by atoms with Crippen molar-refractivity contribution in [3.05, 3.63) is 11.9 Å². The van der Waals surface area contributed by atoms with Crippen molar-refractivity contribution < 1.29 is 15.3 Å². The van der Waals surface area contributed by atoms with E-state index in [1.54, 1.807) is 6.07 Å². The van der Waals surface area contributed by atoms with Crippen LogP contribution in [0.3, 0.4) is 0 Å². The second-order valence-electron chi connectivity index (χ2n) is 4.32. The molecule has 0 amide bonds. The van der Waals surface area contributed by atoms with Crippen LogP contribution in [-0.2, 0) is 6.42 Å². The summed E-state index contributed by atoms with van der Waals surface area (Å²) in [6.45, 7) is 3.42. The highest BCUT2D eigenvalue weighted by molar-refractivity contribution is 5.49. The third-order valence-corrected chi connectivity index (χ3v) is 2.75. The fraction of sp³-hybridized carbons (Fsp3) is 0.667. The molecule has 0 atom stereocenters. The van der Waals surface area contributed by atoms with Gasteiger partial charge in [0.1, 0.15) is 23.0 Å². The van der Waals surface area contributed by atoms with Gasteiger partial charge in [-0.05, 0) is 6.92 Å². The molecule has 1 rings (SSSR count). The quantitative estimate of drug-likeness (QED) is 0.437. The summed E-state index contributed by atoms with van der Waals surface area (Å²) in [5.41, 5.74) is -1.19. The molecule has 0 radical (unpaired) electrons. The van der Waals surface area contributed by atoms with E-state index in [9.17, 15) is 15.3 Å². The summed E-state index contributed by atoms with van der Waals surface area (Å²) in [5, 5.41) is 33.8. The zero-order valence-electron chi connectivity index (χ0n) is 11.3. The first-order valence-electron chi connectivity index (χ1n) is 6.35. The summed E-state index contributed by atoms with van der Waals surface area (Å²) >= 11 is 0. The zero-order valence-corrected chi connectivity index (χ0v) is 11.3. The highest BCUT2D eigenvalue weighted by atomic mass is 16.3. The molecule has 0 spiro atoms. The summed E-state index contributed by atoms with van der Waals surface area (Å²) in [4.78, 5) is 8.57. The molecular formula is C12H22N4O3. The van der Waals surface area contributed by atoms with Crippen molar-refractivity contribution in [1.29, 1.82) is 0 Å². The van der Waals surface area contributed by atoms with Crippen molar-refractivity contribution in [2.75, 3.05) is 37.0 Å². The third-order valence-electron chi connectivity index (χ3n) is 2.75. The molecule has 1 heterocycles. The number of rotatable bonds is 8. The summed E-state index contributed by atoms with van der Waals surface area (Å²) < 4.78 is 0. The Morgan fingerprint density at radius 2 is 1.63 bits per heavy atom. The van der Waals surface area contributed by atoms with Crippen molar-refractivity contribution in [3.63, 3.8) is 0 Å². The molecule has 0 unspecified atom stereocenters. The Morgan fingerprint density at radius 1 is 1.05 bits per heavy atom. The van der Waals surface area contributed by atoms with Gasteiger partial charge in [-0.3, -0.25) is 0 Å². The molecule has 0 saturated heterocycles. The number of nitrogens with zero attached hydrogens (tertiary/aromatic N) is 2. The summed E-state index contributed by atoms with van der Waals surface area (Å²) in [5.74, 6) is 1.77. The first kappa shape index (κ1) is 15.6. The normalized spacial score (nSPS) is 11.4. The van der Waals surface area contributed by atoms with E-state index in [1.165, 1.54) is 0 Å². The highest BCUT2D eigenvalue weighted by Crippen LogP contribution is 2.16. The number of aryl methyl sites for hydroxylation is 1. The van der Waals surface area contributed by atoms with E-state index in [-0.39, 0.29) is 0 Å². The minimum absolute atomic E-state index is 0.401. The molecule has 0 fully saturated rings. The fourth-order valence-corrected chi connectivity index (χ4v) is 1.53. The predicted molar refractivity (Wildman–Crippen MR) is 73.2 cm³/mol. The van der Waals surface area contributed by atoms with Gasteiger partial charge in [0.15, 0.2) is 0 Å². The molecular weight excluding hydrogens is 248 g/mol. The Hall–Kier alpha value is -1.44. The van der Waals surface area contributed by atoms with E-state index in [4.69, 9.17) is 0 Å². The second kappa shape index (κ2) is 7.22. The molecule has 0 saturated carbocycles. The lowest BCUT2D eigenvalue weighted by atomic mass is 10.0. The van der Waals surface area contributed by atoms with Crippen LogP contribution >= 0.6 is 0 Å². The molecule has 5 N–H and O–H groups in total. The molecule has 0 aliphatic carbocycles. The summed E-state index contributed by atoms with van der Waals surface area (Å²) in [7, 11) is 0. The number of nitrogens with one attached hydrogen (secondary N) is 2. The zero-order chi connectivity index (χ0) is 14.3. The van der Waals surface area contributed by atoms with Crippen LogP contribution in [0.25, 0.3) is 0 Å². The number of hydrogen-bond acceptors (Lipinski definition) is 7. The predicted octanol–water partition coefficient (Wildman–Crippen LogP) is -0.402. The van der Waals surface area contributed by atoms with Crippen LogP contribution < -0.4 is 10.6 Å². The van der Waals surface area contributed by atoms with Crippen molar-refractivity contribution in [1.82, 2.24) is 9.97 Å². The van der Waals surface area contributed by atoms with E-state index < -0.39 is 25.4 Å². The van der Waals surface area contributed by atoms with Gasteiger partial charge in [-0.1, -0.05) is 6.92 Å². The number of aliphatic hydroxyl groups excluding tert-OH is 3. The van der Waals surface area contributed by atoms with Crippen molar-refractivity contribution in [3.8, 4) is 0 Å². The Bertz CT molecular complexity index is 388. The van der Waals surface area contributed by atoms with Gasteiger partial charge in [-0.2, -0.15) is 0 Å². The standard InChI is InChI=1S/C12H22N4O3/c1-3-9-14-10(13-4-2)5-11(15-9)16-12(6-17,7-18)8-19/h5,17-19H,3-4,6-8H2,1-2H3,(H2,13,14,15,16). The van der Waals surface area contributed by atoms with E-state index >= 15 is 0 Å². The highest BCUT2D eigenvalue weighted by Gasteiger charge is 2.28. The van der Waals surface area contributed by atoms with E-state index in [0.29, 0.717) is 23.9 Å². The van der Waals surface area contributed by atoms with Crippen molar-refractivity contribution in [2.24, 2.45) is 0 Å². The van der Waals surface area contributed by atoms with Gasteiger partial charge < -0.3 is 26.0 Å². The lowest BCUT2D eigenvalue weighted by Gasteiger charge is -2.29. The topological polar surface area (TPSA) is 111 Å². The monoisotopic (exact) mass is 270 g/mol. The van der Waals surface area contributed by atoms with Gasteiger partial charge in [0, 0.05) is 19.0 Å². The minimum Gasteiger partial charge on any atom is -0.394 e. The molecule has 0 aliphatic heterocycles. The Morgan fingerprint density at radius 3 is 2.11 bits per heavy atom. The SMILES string of the molecule is CCNc1cc(NC(CO)(CO)CO)nc(CC)n1. The Kier molecular flexibility index (Phi) is 5.94. The van der Waals surface area contributed by atoms with E-state index in [0.717, 1.165) is 6.54 Å². The smallest absolute Gasteiger partial charge is 0.132 e. The molecule has 1 aromatic heterocycles. The van der Waals surface area contributed by atoms with Crippen molar-refractivity contribution in [2.45, 2.75) is 25.8 Å². The number of aromatic nitrogens is 2. The Balaban J connectivity index is 3.01. The average molecular weight is 270 g/mol. The fourth-order valence-electron chi connectivity index (χ4n) is 1.53. The van der Waals surface area contributed by atoms with Crippen molar-refractivity contribution >= 4 is 11.6 Å². The molecule has 108 valence electrons. The van der Waals surface area contributed by atoms with Crippen LogP contribution in [0.1, 0.15) is 19.7 Å². The van der Waals surface area contributed by atoms with Gasteiger partial charge in [-0.15, -0.1) is 0 Å². The van der Waals surface area contributed by atoms with E-state index in [2.05, 4.69) is 20.6 Å². The lowest BCUT2D eigenvalue weighted by molar-refractivity contribution is 0.0831. The van der Waals surface area contributed by atoms with Gasteiger partial charge in [-0.25, -0.2) is 9.97 Å². The first-order chi connectivity index (χ1) is 9.12. The maximum absolute atomic E-state index is 9.30. The summed E-state index contributed by atoms with van der Waals surface area (Å²) in [6.07, 6.45) is 0.665. The molecule has 7 nitrogen and oxygen atoms in total. The molecule has 0 aliphatic rings. The van der Waals surface area contributed by atoms with Gasteiger partial charge in [0.05, 0.1) is 19.8 Å². The molecule has 0 bridgehead atoms. The second-order valence-corrected chi connectivity index (χ2v) is 4.32. The van der Waals surface area contributed by atoms with Crippen LogP contribution in [-0.4, -0.2) is 57.2 Å². The summed E-state index contributed by atoms with van der Waals surface area (Å²) in [6, 6.07) is 1.68. The minimum atomic E-state index is -1.19. The molecule has 7 heteroatoms. The van der Waals surface area contributed by atoms with Gasteiger partial charge >= 0.3 is 0 Å². The molecule has 1 aromatic rings. The average Bonchev–Trinajstić information content (AvgIpc) is 2.45. The van der Waals surface area contributed by atoms with Crippen LogP contribution in [0.15, 0.2) is 6.07 Å². The maximum Gasteiger partial charge on any atom is 0.132 e. The Labute approximate surface area is 112 Å². The number of anilines is 2. The van der Waals surface area contributed by atoms with Crippen LogP contribution in [0, 0.1) is 0 Å². The van der Waals surface area contributed by atoms with Gasteiger partial charge in [0.25, 0.3) is 0 Å². The van der Waals surface area contributed by atoms with Crippen LogP contribution in [0.5, 0.6) is 0 Å². The lowest BCUT2D eigenvalue weighted by Crippen LogP contribution is -2.49. The van der Waals surface area contributed by atoms with E-state index in [1.807, 2.05) is 13.8 Å². The largest absolute Gasteiger partial charge is 0.394 e.